The Morgan fingerprint density at radius 1 is 1.07 bits per heavy atom. The molecule has 0 radical (unpaired) electrons. The molecule has 6 heteroatoms. The molecule has 2 aliphatic heterocycles. The number of nitrogens with one attached hydrogen (secondary N) is 1. The van der Waals surface area contributed by atoms with Crippen LogP contribution in [0.15, 0.2) is 18.2 Å². The Balaban J connectivity index is 1.24. The van der Waals surface area contributed by atoms with Gasteiger partial charge in [0.1, 0.15) is 0 Å². The largest absolute Gasteiger partial charge is 0.448 e. The molecule has 4 aliphatic rings. The predicted octanol–water partition coefficient (Wildman–Crippen LogP) is 3.46. The minimum atomic E-state index is -0.495. The summed E-state index contributed by atoms with van der Waals surface area (Å²) in [6, 6.07) is 5.89. The van der Waals surface area contributed by atoms with Gasteiger partial charge in [-0.1, -0.05) is 12.8 Å². The molecule has 2 amide bonds. The van der Waals surface area contributed by atoms with Crippen LogP contribution in [0, 0.1) is 5.92 Å². The zero-order valence-electron chi connectivity index (χ0n) is 15.5. The summed E-state index contributed by atoms with van der Waals surface area (Å²) >= 11 is 0. The van der Waals surface area contributed by atoms with Gasteiger partial charge < -0.3 is 19.7 Å². The molecular weight excluding hydrogens is 344 g/mol. The number of anilines is 1. The van der Waals surface area contributed by atoms with Gasteiger partial charge in [-0.05, 0) is 37.8 Å². The van der Waals surface area contributed by atoms with Gasteiger partial charge in [0.05, 0.1) is 5.92 Å². The highest BCUT2D eigenvalue weighted by molar-refractivity contribution is 5.97. The van der Waals surface area contributed by atoms with Gasteiger partial charge in [-0.2, -0.15) is 0 Å². The number of ether oxygens (including phenoxy) is 2. The van der Waals surface area contributed by atoms with Crippen molar-refractivity contribution in [2.45, 2.75) is 69.6 Å². The summed E-state index contributed by atoms with van der Waals surface area (Å²) in [4.78, 5) is 27.0. The molecule has 3 fully saturated rings. The van der Waals surface area contributed by atoms with Gasteiger partial charge in [0.15, 0.2) is 11.5 Å². The van der Waals surface area contributed by atoms with E-state index in [1.807, 2.05) is 23.1 Å². The molecule has 1 aromatic carbocycles. The molecule has 1 saturated heterocycles. The smallest absolute Gasteiger partial charge is 0.251 e. The van der Waals surface area contributed by atoms with Crippen molar-refractivity contribution < 1.29 is 19.1 Å². The zero-order valence-corrected chi connectivity index (χ0v) is 15.5. The average Bonchev–Trinajstić information content (AvgIpc) is 3.42. The van der Waals surface area contributed by atoms with E-state index in [-0.39, 0.29) is 17.7 Å². The van der Waals surface area contributed by atoms with Crippen molar-refractivity contribution in [1.29, 1.82) is 0 Å². The fraction of sp³-hybridized carbons (Fsp3) is 0.619. The first-order chi connectivity index (χ1) is 13.1. The van der Waals surface area contributed by atoms with Crippen LogP contribution < -0.4 is 14.8 Å². The van der Waals surface area contributed by atoms with Crippen LogP contribution in [0.25, 0.3) is 0 Å². The Morgan fingerprint density at radius 2 is 1.81 bits per heavy atom. The maximum Gasteiger partial charge on any atom is 0.251 e. The summed E-state index contributed by atoms with van der Waals surface area (Å²) < 4.78 is 12.1. The van der Waals surface area contributed by atoms with E-state index in [1.54, 1.807) is 0 Å². The number of carbonyl (C=O) groups excluding carboxylic acids is 2. The number of amides is 2. The number of hydrogen-bond donors (Lipinski definition) is 1. The molecule has 27 heavy (non-hydrogen) atoms. The van der Waals surface area contributed by atoms with E-state index in [0.29, 0.717) is 30.4 Å². The van der Waals surface area contributed by atoms with Crippen molar-refractivity contribution in [3.63, 3.8) is 0 Å². The van der Waals surface area contributed by atoms with E-state index in [9.17, 15) is 9.59 Å². The Hall–Kier alpha value is -2.24. The number of fused-ring (bicyclic) bond motifs is 1. The molecule has 5 rings (SSSR count). The summed E-state index contributed by atoms with van der Waals surface area (Å²) in [7, 11) is 0. The molecule has 144 valence electrons. The molecule has 2 aliphatic carbocycles. The highest BCUT2D eigenvalue weighted by atomic mass is 16.7. The Kier molecular flexibility index (Phi) is 4.02. The highest BCUT2D eigenvalue weighted by Crippen LogP contribution is 2.47. The third-order valence-electron chi connectivity index (χ3n) is 6.46. The van der Waals surface area contributed by atoms with Crippen molar-refractivity contribution in [2.75, 3.05) is 11.9 Å². The van der Waals surface area contributed by atoms with Gasteiger partial charge in [0, 0.05) is 43.6 Å². The topological polar surface area (TPSA) is 67.9 Å². The average molecular weight is 370 g/mol. The van der Waals surface area contributed by atoms with Gasteiger partial charge in [0.2, 0.25) is 11.8 Å². The maximum absolute atomic E-state index is 12.7. The molecule has 2 saturated carbocycles. The minimum Gasteiger partial charge on any atom is -0.448 e. The zero-order chi connectivity index (χ0) is 18.4. The van der Waals surface area contributed by atoms with E-state index < -0.39 is 5.79 Å². The Morgan fingerprint density at radius 3 is 2.59 bits per heavy atom. The number of nitrogens with zero attached hydrogens (tertiary/aromatic N) is 1. The van der Waals surface area contributed by atoms with Gasteiger partial charge in [-0.3, -0.25) is 9.59 Å². The first-order valence-electron chi connectivity index (χ1n) is 10.2. The van der Waals surface area contributed by atoms with E-state index in [4.69, 9.17) is 9.47 Å². The highest BCUT2D eigenvalue weighted by Gasteiger charge is 2.44. The molecular formula is C21H26N2O4. The van der Waals surface area contributed by atoms with Crippen LogP contribution in [0.3, 0.4) is 0 Å². The van der Waals surface area contributed by atoms with Crippen LogP contribution in [0.2, 0.25) is 0 Å². The predicted molar refractivity (Wildman–Crippen MR) is 99.6 cm³/mol. The third kappa shape index (κ3) is 3.05. The van der Waals surface area contributed by atoms with Crippen LogP contribution >= 0.6 is 0 Å². The van der Waals surface area contributed by atoms with Crippen LogP contribution in [-0.4, -0.2) is 35.1 Å². The molecule has 0 bridgehead atoms. The summed E-state index contributed by atoms with van der Waals surface area (Å²) in [5.41, 5.74) is 0.698. The normalized spacial score (nSPS) is 26.3. The fourth-order valence-electron chi connectivity index (χ4n) is 5.01. The molecule has 1 spiro atoms. The number of hydrogen-bond acceptors (Lipinski definition) is 4. The second-order valence-corrected chi connectivity index (χ2v) is 8.36. The van der Waals surface area contributed by atoms with Crippen molar-refractivity contribution in [2.24, 2.45) is 5.92 Å². The summed E-state index contributed by atoms with van der Waals surface area (Å²) in [5, 5.41) is 2.97. The van der Waals surface area contributed by atoms with Crippen LogP contribution in [0.4, 0.5) is 5.69 Å². The lowest BCUT2D eigenvalue weighted by Crippen LogP contribution is -2.35. The molecule has 2 heterocycles. The van der Waals surface area contributed by atoms with E-state index >= 15 is 0 Å². The van der Waals surface area contributed by atoms with Gasteiger partial charge >= 0.3 is 0 Å². The molecule has 0 aromatic heterocycles. The lowest BCUT2D eigenvalue weighted by molar-refractivity contribution is -0.129. The van der Waals surface area contributed by atoms with Crippen LogP contribution in [-0.2, 0) is 9.59 Å². The van der Waals surface area contributed by atoms with E-state index in [1.165, 1.54) is 12.8 Å². The van der Waals surface area contributed by atoms with Gasteiger partial charge in [-0.15, -0.1) is 0 Å². The summed E-state index contributed by atoms with van der Waals surface area (Å²) in [5.74, 6) is 0.715. The first kappa shape index (κ1) is 16.9. The van der Waals surface area contributed by atoms with E-state index in [2.05, 4.69) is 5.32 Å². The fourth-order valence-corrected chi connectivity index (χ4v) is 5.01. The van der Waals surface area contributed by atoms with Gasteiger partial charge in [-0.25, -0.2) is 0 Å². The number of benzene rings is 1. The standard InChI is InChI=1S/C21H26N2O4/c24-19-11-14(13-23(19)16-5-1-2-6-16)20(25)22-15-7-8-17-18(12-15)27-21(26-17)9-3-4-10-21/h7-8,12,14,16H,1-6,9-11,13H2,(H,22,25)/t14-/m0/s1. The maximum atomic E-state index is 12.7. The third-order valence-corrected chi connectivity index (χ3v) is 6.46. The van der Waals surface area contributed by atoms with Crippen LogP contribution in [0.5, 0.6) is 11.5 Å². The van der Waals surface area contributed by atoms with E-state index in [0.717, 1.165) is 44.3 Å². The molecule has 1 N–H and O–H groups in total. The second-order valence-electron chi connectivity index (χ2n) is 8.36. The quantitative estimate of drug-likeness (QED) is 0.885. The Labute approximate surface area is 159 Å². The molecule has 1 aromatic rings. The van der Waals surface area contributed by atoms with Crippen molar-refractivity contribution in [3.05, 3.63) is 18.2 Å². The molecule has 0 unspecified atom stereocenters. The van der Waals surface area contributed by atoms with Crippen LogP contribution in [0.1, 0.15) is 57.8 Å². The lowest BCUT2D eigenvalue weighted by Gasteiger charge is -2.23. The van der Waals surface area contributed by atoms with Crippen molar-refractivity contribution >= 4 is 17.5 Å². The molecule has 6 nitrogen and oxygen atoms in total. The monoisotopic (exact) mass is 370 g/mol. The second kappa shape index (κ2) is 6.43. The number of likely N-dealkylation sites (tertiary alicyclic amines) is 1. The Bertz CT molecular complexity index is 765. The van der Waals surface area contributed by atoms with Crippen molar-refractivity contribution in [1.82, 2.24) is 4.90 Å². The number of carbonyl (C=O) groups is 2. The van der Waals surface area contributed by atoms with Crippen molar-refractivity contribution in [3.8, 4) is 11.5 Å². The van der Waals surface area contributed by atoms with Gasteiger partial charge in [0.25, 0.3) is 5.79 Å². The lowest BCUT2D eigenvalue weighted by atomic mass is 10.1. The minimum absolute atomic E-state index is 0.0849. The summed E-state index contributed by atoms with van der Waals surface area (Å²) in [6.07, 6.45) is 8.88. The summed E-state index contributed by atoms with van der Waals surface area (Å²) in [6.45, 7) is 0.545. The first-order valence-corrected chi connectivity index (χ1v) is 10.2. The SMILES string of the molecule is O=C(Nc1ccc2c(c1)OC1(CCCC1)O2)[C@H]1CC(=O)N(C2CCCC2)C1. The molecule has 1 atom stereocenters. The number of rotatable bonds is 3.